The van der Waals surface area contributed by atoms with Gasteiger partial charge < -0.3 is 19.3 Å². The van der Waals surface area contributed by atoms with Gasteiger partial charge in [-0.1, -0.05) is 23.7 Å². The zero-order chi connectivity index (χ0) is 17.5. The zero-order valence-electron chi connectivity index (χ0n) is 14.5. The fraction of sp³-hybridized carbons (Fsp3) is 0.500. The molecule has 1 aromatic heterocycles. The van der Waals surface area contributed by atoms with E-state index in [-0.39, 0.29) is 0 Å². The molecule has 0 radical (unpaired) electrons. The quantitative estimate of drug-likeness (QED) is 0.654. The van der Waals surface area contributed by atoms with Crippen molar-refractivity contribution in [1.29, 1.82) is 0 Å². The summed E-state index contributed by atoms with van der Waals surface area (Å²) in [7, 11) is 2.13. The minimum absolute atomic E-state index is 0.662. The minimum Gasteiger partial charge on any atom is -0.492 e. The van der Waals surface area contributed by atoms with Crippen molar-refractivity contribution in [2.75, 3.05) is 51.4 Å². The van der Waals surface area contributed by atoms with Crippen molar-refractivity contribution in [2.24, 2.45) is 0 Å². The van der Waals surface area contributed by atoms with Gasteiger partial charge in [-0.3, -0.25) is 0 Å². The maximum atomic E-state index is 6.09. The number of nitrogens with zero attached hydrogens (tertiary/aromatic N) is 3. The molecule has 1 saturated heterocycles. The first kappa shape index (κ1) is 18.5. The van der Waals surface area contributed by atoms with E-state index in [1.165, 1.54) is 4.88 Å². The number of para-hydroxylation sites is 1. The number of rotatable bonds is 8. The third kappa shape index (κ3) is 5.57. The van der Waals surface area contributed by atoms with Crippen LogP contribution in [0.3, 0.4) is 0 Å². The van der Waals surface area contributed by atoms with E-state index in [1.54, 1.807) is 11.3 Å². The van der Waals surface area contributed by atoms with Crippen LogP contribution in [0.15, 0.2) is 30.5 Å². The summed E-state index contributed by atoms with van der Waals surface area (Å²) < 4.78 is 11.1. The lowest BCUT2D eigenvalue weighted by molar-refractivity contribution is 0.122. The highest BCUT2D eigenvalue weighted by molar-refractivity contribution is 7.15. The maximum absolute atomic E-state index is 6.09. The first-order valence-corrected chi connectivity index (χ1v) is 9.75. The highest BCUT2D eigenvalue weighted by atomic mass is 35.5. The van der Waals surface area contributed by atoms with E-state index in [4.69, 9.17) is 21.1 Å². The molecule has 0 spiro atoms. The van der Waals surface area contributed by atoms with Gasteiger partial charge in [-0.25, -0.2) is 4.98 Å². The van der Waals surface area contributed by atoms with Crippen LogP contribution in [0.1, 0.15) is 11.3 Å². The number of ether oxygens (including phenoxy) is 2. The van der Waals surface area contributed by atoms with Crippen molar-refractivity contribution in [2.45, 2.75) is 13.0 Å². The van der Waals surface area contributed by atoms with Gasteiger partial charge in [0.1, 0.15) is 5.75 Å². The molecule has 1 aliphatic heterocycles. The topological polar surface area (TPSA) is 37.8 Å². The summed E-state index contributed by atoms with van der Waals surface area (Å²) in [5.74, 6) is 0.754. The van der Waals surface area contributed by atoms with Crippen LogP contribution in [0.25, 0.3) is 0 Å². The SMILES string of the molecule is CN(CCCOc1ccccc1Cl)Cc1cnc(N2CCOCC2)s1. The monoisotopic (exact) mass is 381 g/mol. The fourth-order valence-corrected chi connectivity index (χ4v) is 3.93. The summed E-state index contributed by atoms with van der Waals surface area (Å²) in [6, 6.07) is 7.59. The second-order valence-electron chi connectivity index (χ2n) is 6.08. The molecule has 0 atom stereocenters. The van der Waals surface area contributed by atoms with Gasteiger partial charge in [-0.2, -0.15) is 0 Å². The molecule has 1 fully saturated rings. The van der Waals surface area contributed by atoms with Crippen molar-refractivity contribution < 1.29 is 9.47 Å². The van der Waals surface area contributed by atoms with Gasteiger partial charge in [0.15, 0.2) is 5.13 Å². The second-order valence-corrected chi connectivity index (χ2v) is 7.58. The molecule has 1 aliphatic rings. The molecule has 136 valence electrons. The van der Waals surface area contributed by atoms with Gasteiger partial charge in [-0.05, 0) is 25.6 Å². The van der Waals surface area contributed by atoms with Crippen LogP contribution < -0.4 is 9.64 Å². The molecule has 2 heterocycles. The van der Waals surface area contributed by atoms with Crippen LogP contribution in [0.2, 0.25) is 5.02 Å². The molecular weight excluding hydrogens is 358 g/mol. The largest absolute Gasteiger partial charge is 0.492 e. The predicted octanol–water partition coefficient (Wildman–Crippen LogP) is 3.53. The lowest BCUT2D eigenvalue weighted by Gasteiger charge is -2.26. The van der Waals surface area contributed by atoms with E-state index in [9.17, 15) is 0 Å². The standard InChI is InChI=1S/C18H24ClN3O2S/c1-21(7-4-10-24-17-6-3-2-5-16(17)19)14-15-13-20-18(25-15)22-8-11-23-12-9-22/h2-3,5-6,13H,4,7-12,14H2,1H3. The molecule has 2 aromatic rings. The van der Waals surface area contributed by atoms with Crippen molar-refractivity contribution in [3.63, 3.8) is 0 Å². The fourth-order valence-electron chi connectivity index (χ4n) is 2.69. The van der Waals surface area contributed by atoms with Crippen LogP contribution in [0.4, 0.5) is 5.13 Å². The Balaban J connectivity index is 1.38. The minimum atomic E-state index is 0.662. The van der Waals surface area contributed by atoms with E-state index in [0.717, 1.165) is 56.7 Å². The Labute approximate surface area is 158 Å². The Morgan fingerprint density at radius 1 is 1.32 bits per heavy atom. The van der Waals surface area contributed by atoms with Gasteiger partial charge in [-0.15, -0.1) is 11.3 Å². The van der Waals surface area contributed by atoms with E-state index in [2.05, 4.69) is 21.8 Å². The van der Waals surface area contributed by atoms with Crippen LogP contribution in [-0.4, -0.2) is 56.4 Å². The summed E-state index contributed by atoms with van der Waals surface area (Å²) >= 11 is 7.86. The molecule has 25 heavy (non-hydrogen) atoms. The Kier molecular flexibility index (Phi) is 6.93. The summed E-state index contributed by atoms with van der Waals surface area (Å²) in [4.78, 5) is 10.4. The molecule has 0 saturated carbocycles. The Bertz CT molecular complexity index is 661. The molecule has 0 N–H and O–H groups in total. The average Bonchev–Trinajstić information content (AvgIpc) is 3.09. The molecule has 0 bridgehead atoms. The number of halogens is 1. The number of hydrogen-bond donors (Lipinski definition) is 0. The van der Waals surface area contributed by atoms with E-state index in [0.29, 0.717) is 11.6 Å². The lowest BCUT2D eigenvalue weighted by Crippen LogP contribution is -2.36. The zero-order valence-corrected chi connectivity index (χ0v) is 16.1. The summed E-state index contributed by atoms with van der Waals surface area (Å²) in [6.07, 6.45) is 2.95. The molecule has 0 amide bonds. The molecule has 5 nitrogen and oxygen atoms in total. The smallest absolute Gasteiger partial charge is 0.185 e. The number of thiazole rings is 1. The summed E-state index contributed by atoms with van der Waals surface area (Å²) in [5, 5.41) is 1.77. The number of hydrogen-bond acceptors (Lipinski definition) is 6. The Morgan fingerprint density at radius 3 is 2.92 bits per heavy atom. The van der Waals surface area contributed by atoms with Crippen molar-refractivity contribution >= 4 is 28.1 Å². The predicted molar refractivity (Wildman–Crippen MR) is 103 cm³/mol. The molecule has 7 heteroatoms. The van der Waals surface area contributed by atoms with Crippen molar-refractivity contribution in [3.05, 3.63) is 40.4 Å². The molecule has 1 aromatic carbocycles. The van der Waals surface area contributed by atoms with Gasteiger partial charge in [0.05, 0.1) is 24.8 Å². The number of benzene rings is 1. The molecule has 0 aliphatic carbocycles. The Morgan fingerprint density at radius 2 is 2.12 bits per heavy atom. The lowest BCUT2D eigenvalue weighted by atomic mass is 10.3. The van der Waals surface area contributed by atoms with Crippen LogP contribution in [0, 0.1) is 0 Å². The maximum Gasteiger partial charge on any atom is 0.185 e. The van der Waals surface area contributed by atoms with E-state index >= 15 is 0 Å². The van der Waals surface area contributed by atoms with Gasteiger partial charge >= 0.3 is 0 Å². The molecular formula is C18H24ClN3O2S. The third-order valence-electron chi connectivity index (χ3n) is 4.03. The highest BCUT2D eigenvalue weighted by Gasteiger charge is 2.15. The first-order chi connectivity index (χ1) is 12.2. The summed E-state index contributed by atoms with van der Waals surface area (Å²) in [6.45, 7) is 5.99. The average molecular weight is 382 g/mol. The van der Waals surface area contributed by atoms with Crippen LogP contribution in [0.5, 0.6) is 5.75 Å². The van der Waals surface area contributed by atoms with Gasteiger partial charge in [0.2, 0.25) is 0 Å². The van der Waals surface area contributed by atoms with Gasteiger partial charge in [0.25, 0.3) is 0 Å². The first-order valence-electron chi connectivity index (χ1n) is 8.55. The number of morpholine rings is 1. The van der Waals surface area contributed by atoms with Crippen molar-refractivity contribution in [3.8, 4) is 5.75 Å². The summed E-state index contributed by atoms with van der Waals surface area (Å²) in [5.41, 5.74) is 0. The van der Waals surface area contributed by atoms with E-state index in [1.807, 2.05) is 30.5 Å². The van der Waals surface area contributed by atoms with Gasteiger partial charge in [0, 0.05) is 37.3 Å². The molecule has 0 unspecified atom stereocenters. The number of aromatic nitrogens is 1. The van der Waals surface area contributed by atoms with Crippen LogP contribution >= 0.6 is 22.9 Å². The number of anilines is 1. The van der Waals surface area contributed by atoms with Crippen LogP contribution in [-0.2, 0) is 11.3 Å². The van der Waals surface area contributed by atoms with E-state index < -0.39 is 0 Å². The third-order valence-corrected chi connectivity index (χ3v) is 5.38. The normalized spacial score (nSPS) is 14.9. The highest BCUT2D eigenvalue weighted by Crippen LogP contribution is 2.25. The van der Waals surface area contributed by atoms with Crippen molar-refractivity contribution in [1.82, 2.24) is 9.88 Å². The molecule has 3 rings (SSSR count). The Hall–Kier alpha value is -1.34. The second kappa shape index (κ2) is 9.38.